The van der Waals surface area contributed by atoms with Gasteiger partial charge in [0.15, 0.2) is 0 Å². The van der Waals surface area contributed by atoms with Gasteiger partial charge in [0.05, 0.1) is 5.69 Å². The number of aromatic nitrogens is 2. The molecule has 20 heavy (non-hydrogen) atoms. The molecular formula is C17H23ClN2. The maximum absolute atomic E-state index is 6.14. The summed E-state index contributed by atoms with van der Waals surface area (Å²) in [7, 11) is 0. The Labute approximate surface area is 126 Å². The van der Waals surface area contributed by atoms with Gasteiger partial charge in [0.1, 0.15) is 0 Å². The Balaban J connectivity index is 2.01. The van der Waals surface area contributed by atoms with Crippen LogP contribution in [0, 0.1) is 12.8 Å². The number of alkyl halides is 1. The van der Waals surface area contributed by atoms with E-state index in [1.165, 1.54) is 11.1 Å². The van der Waals surface area contributed by atoms with Crippen LogP contribution < -0.4 is 0 Å². The van der Waals surface area contributed by atoms with Crippen LogP contribution in [0.1, 0.15) is 36.7 Å². The molecule has 108 valence electrons. The highest BCUT2D eigenvalue weighted by molar-refractivity contribution is 6.18. The third kappa shape index (κ3) is 4.11. The maximum Gasteiger partial charge on any atom is 0.0628 e. The fourth-order valence-electron chi connectivity index (χ4n) is 2.42. The lowest BCUT2D eigenvalue weighted by Crippen LogP contribution is -2.11. The van der Waals surface area contributed by atoms with Crippen molar-refractivity contribution in [3.8, 4) is 0 Å². The van der Waals surface area contributed by atoms with Gasteiger partial charge in [-0.2, -0.15) is 5.10 Å². The van der Waals surface area contributed by atoms with Crippen LogP contribution in [0.25, 0.3) is 0 Å². The van der Waals surface area contributed by atoms with E-state index in [2.05, 4.69) is 62.4 Å². The van der Waals surface area contributed by atoms with E-state index < -0.39 is 0 Å². The van der Waals surface area contributed by atoms with Gasteiger partial charge in [0, 0.05) is 18.1 Å². The Morgan fingerprint density at radius 2 is 2.00 bits per heavy atom. The SMILES string of the molecule is Cc1cccc(CC(CCl)Cc2ccn(C(C)C)n2)c1. The molecule has 1 unspecified atom stereocenters. The first kappa shape index (κ1) is 15.1. The molecule has 0 amide bonds. The number of hydrogen-bond donors (Lipinski definition) is 0. The minimum absolute atomic E-state index is 0.412. The van der Waals surface area contributed by atoms with Gasteiger partial charge in [-0.15, -0.1) is 11.6 Å². The lowest BCUT2D eigenvalue weighted by Gasteiger charge is -2.13. The molecule has 1 aromatic carbocycles. The predicted octanol–water partition coefficient (Wildman–Crippen LogP) is 4.41. The van der Waals surface area contributed by atoms with Crippen LogP contribution in [0.15, 0.2) is 36.5 Å². The highest BCUT2D eigenvalue weighted by Crippen LogP contribution is 2.17. The summed E-state index contributed by atoms with van der Waals surface area (Å²) in [4.78, 5) is 0. The van der Waals surface area contributed by atoms with Crippen molar-refractivity contribution in [2.75, 3.05) is 5.88 Å². The van der Waals surface area contributed by atoms with Gasteiger partial charge in [0.25, 0.3) is 0 Å². The summed E-state index contributed by atoms with van der Waals surface area (Å²) in [6, 6.07) is 11.2. The molecule has 0 saturated carbocycles. The van der Waals surface area contributed by atoms with Crippen LogP contribution in [-0.2, 0) is 12.8 Å². The Morgan fingerprint density at radius 3 is 2.60 bits per heavy atom. The zero-order valence-corrected chi connectivity index (χ0v) is 13.3. The second kappa shape index (κ2) is 6.94. The van der Waals surface area contributed by atoms with Crippen molar-refractivity contribution in [1.82, 2.24) is 9.78 Å². The van der Waals surface area contributed by atoms with Crippen molar-refractivity contribution in [3.05, 3.63) is 53.3 Å². The molecule has 2 aromatic rings. The van der Waals surface area contributed by atoms with Crippen LogP contribution in [0.4, 0.5) is 0 Å². The highest BCUT2D eigenvalue weighted by atomic mass is 35.5. The summed E-state index contributed by atoms with van der Waals surface area (Å²) in [5.74, 6) is 1.11. The minimum atomic E-state index is 0.412. The third-order valence-electron chi connectivity index (χ3n) is 3.52. The topological polar surface area (TPSA) is 17.8 Å². The maximum atomic E-state index is 6.14. The largest absolute Gasteiger partial charge is 0.270 e. The molecule has 0 aliphatic heterocycles. The first-order valence-electron chi connectivity index (χ1n) is 7.24. The van der Waals surface area contributed by atoms with Crippen molar-refractivity contribution in [2.24, 2.45) is 5.92 Å². The zero-order chi connectivity index (χ0) is 14.5. The van der Waals surface area contributed by atoms with Crippen molar-refractivity contribution in [3.63, 3.8) is 0 Å². The van der Waals surface area contributed by atoms with Gasteiger partial charge < -0.3 is 0 Å². The van der Waals surface area contributed by atoms with E-state index in [4.69, 9.17) is 11.6 Å². The van der Waals surface area contributed by atoms with E-state index in [-0.39, 0.29) is 0 Å². The summed E-state index contributed by atoms with van der Waals surface area (Å²) in [5, 5.41) is 4.61. The molecule has 0 saturated heterocycles. The fraction of sp³-hybridized carbons (Fsp3) is 0.471. The van der Waals surface area contributed by atoms with Gasteiger partial charge in [-0.3, -0.25) is 4.68 Å². The van der Waals surface area contributed by atoms with E-state index >= 15 is 0 Å². The molecule has 0 aliphatic carbocycles. The molecule has 2 rings (SSSR count). The second-order valence-corrected chi connectivity index (χ2v) is 6.11. The van der Waals surface area contributed by atoms with Crippen LogP contribution in [0.5, 0.6) is 0 Å². The second-order valence-electron chi connectivity index (χ2n) is 5.80. The molecule has 1 atom stereocenters. The number of hydrogen-bond acceptors (Lipinski definition) is 1. The standard InChI is InChI=1S/C17H23ClN2/c1-13(2)20-8-7-17(19-20)11-16(12-18)10-15-6-4-5-14(3)9-15/h4-9,13,16H,10-12H2,1-3H3. The molecule has 0 spiro atoms. The van der Waals surface area contributed by atoms with Gasteiger partial charge in [-0.1, -0.05) is 29.8 Å². The molecule has 1 heterocycles. The van der Waals surface area contributed by atoms with Crippen molar-refractivity contribution >= 4 is 11.6 Å². The van der Waals surface area contributed by atoms with Crippen molar-refractivity contribution in [1.29, 1.82) is 0 Å². The first-order chi connectivity index (χ1) is 9.58. The summed E-state index contributed by atoms with van der Waals surface area (Å²) >= 11 is 6.14. The molecule has 2 nitrogen and oxygen atoms in total. The average molecular weight is 291 g/mol. The average Bonchev–Trinajstić information content (AvgIpc) is 2.87. The lowest BCUT2D eigenvalue weighted by molar-refractivity contribution is 0.511. The van der Waals surface area contributed by atoms with Gasteiger partial charge in [-0.25, -0.2) is 0 Å². The Kier molecular flexibility index (Phi) is 5.24. The summed E-state index contributed by atoms with van der Waals surface area (Å²) < 4.78 is 2.01. The van der Waals surface area contributed by atoms with Crippen LogP contribution in [0.3, 0.4) is 0 Å². The van der Waals surface area contributed by atoms with Gasteiger partial charge in [0.2, 0.25) is 0 Å². The van der Waals surface area contributed by atoms with Crippen LogP contribution >= 0.6 is 11.6 Å². The Bertz CT molecular complexity index is 545. The van der Waals surface area contributed by atoms with Crippen LogP contribution in [-0.4, -0.2) is 15.7 Å². The zero-order valence-electron chi connectivity index (χ0n) is 12.5. The molecule has 0 N–H and O–H groups in total. The molecular weight excluding hydrogens is 268 g/mol. The third-order valence-corrected chi connectivity index (χ3v) is 3.95. The molecule has 1 aromatic heterocycles. The van der Waals surface area contributed by atoms with Gasteiger partial charge in [-0.05, 0) is 51.2 Å². The van der Waals surface area contributed by atoms with E-state index in [9.17, 15) is 0 Å². The summed E-state index contributed by atoms with van der Waals surface area (Å²) in [6.07, 6.45) is 4.01. The summed E-state index contributed by atoms with van der Waals surface area (Å²) in [5.41, 5.74) is 3.80. The number of rotatable bonds is 6. The first-order valence-corrected chi connectivity index (χ1v) is 7.77. The smallest absolute Gasteiger partial charge is 0.0628 e. The number of halogens is 1. The highest BCUT2D eigenvalue weighted by Gasteiger charge is 2.12. The molecule has 0 fully saturated rings. The van der Waals surface area contributed by atoms with E-state index in [1.807, 2.05) is 4.68 Å². The van der Waals surface area contributed by atoms with E-state index in [1.54, 1.807) is 0 Å². The molecule has 0 bridgehead atoms. The van der Waals surface area contributed by atoms with E-state index in [0.29, 0.717) is 17.8 Å². The van der Waals surface area contributed by atoms with Crippen molar-refractivity contribution in [2.45, 2.75) is 39.7 Å². The van der Waals surface area contributed by atoms with Crippen molar-refractivity contribution < 1.29 is 0 Å². The number of aryl methyl sites for hydroxylation is 1. The lowest BCUT2D eigenvalue weighted by atomic mass is 9.96. The summed E-state index contributed by atoms with van der Waals surface area (Å²) in [6.45, 7) is 6.41. The van der Waals surface area contributed by atoms with Crippen LogP contribution in [0.2, 0.25) is 0 Å². The quantitative estimate of drug-likeness (QED) is 0.721. The van der Waals surface area contributed by atoms with E-state index in [0.717, 1.165) is 18.5 Å². The molecule has 3 heteroatoms. The number of nitrogens with zero attached hydrogens (tertiary/aromatic N) is 2. The van der Waals surface area contributed by atoms with Gasteiger partial charge >= 0.3 is 0 Å². The Hall–Kier alpha value is -1.28. The monoisotopic (exact) mass is 290 g/mol. The fourth-order valence-corrected chi connectivity index (χ4v) is 2.64. The molecule has 0 radical (unpaired) electrons. The number of benzene rings is 1. The minimum Gasteiger partial charge on any atom is -0.270 e. The Morgan fingerprint density at radius 1 is 1.20 bits per heavy atom. The normalized spacial score (nSPS) is 12.8. The predicted molar refractivity (Wildman–Crippen MR) is 85.4 cm³/mol. The molecule has 0 aliphatic rings.